The van der Waals surface area contributed by atoms with E-state index in [1.54, 1.807) is 11.3 Å². The zero-order valence-electron chi connectivity index (χ0n) is 8.21. The molecule has 0 bridgehead atoms. The lowest BCUT2D eigenvalue weighted by molar-refractivity contribution is 0.679. The van der Waals surface area contributed by atoms with Crippen LogP contribution < -0.4 is 11.1 Å². The van der Waals surface area contributed by atoms with Crippen LogP contribution in [0.3, 0.4) is 0 Å². The second-order valence-corrected chi connectivity index (χ2v) is 3.90. The monoisotopic (exact) mass is 199 g/mol. The fourth-order valence-electron chi connectivity index (χ4n) is 0.913. The van der Waals surface area contributed by atoms with Crippen LogP contribution in [0.2, 0.25) is 0 Å². The summed E-state index contributed by atoms with van der Waals surface area (Å²) in [5, 5.41) is 6.30. The van der Waals surface area contributed by atoms with Gasteiger partial charge in [-0.2, -0.15) is 0 Å². The van der Waals surface area contributed by atoms with E-state index < -0.39 is 0 Å². The van der Waals surface area contributed by atoms with Crippen molar-refractivity contribution in [1.29, 1.82) is 0 Å². The summed E-state index contributed by atoms with van der Waals surface area (Å²) in [6, 6.07) is 0.231. The Bertz CT molecular complexity index is 247. The number of thiazole rings is 1. The molecule has 0 saturated heterocycles. The molecule has 1 heterocycles. The molecule has 0 aromatic carbocycles. The number of nitrogens with two attached hydrogens (primary N) is 1. The smallest absolute Gasteiger partial charge is 0.182 e. The SMILES string of the molecule is CCc1csc(NCC(N)CC)n1. The number of hydrogen-bond acceptors (Lipinski definition) is 4. The largest absolute Gasteiger partial charge is 0.360 e. The Kier molecular flexibility index (Phi) is 4.18. The average Bonchev–Trinajstić information content (AvgIpc) is 2.61. The van der Waals surface area contributed by atoms with Gasteiger partial charge in [0, 0.05) is 18.0 Å². The van der Waals surface area contributed by atoms with E-state index in [0.29, 0.717) is 0 Å². The molecule has 1 atom stereocenters. The number of nitrogens with zero attached hydrogens (tertiary/aromatic N) is 1. The van der Waals surface area contributed by atoms with Crippen molar-refractivity contribution < 1.29 is 0 Å². The molecular formula is C9H17N3S. The van der Waals surface area contributed by atoms with Gasteiger partial charge in [-0.05, 0) is 12.8 Å². The molecule has 1 aromatic rings. The molecule has 0 fully saturated rings. The maximum atomic E-state index is 5.77. The van der Waals surface area contributed by atoms with Crippen molar-refractivity contribution in [2.75, 3.05) is 11.9 Å². The minimum absolute atomic E-state index is 0.231. The summed E-state index contributed by atoms with van der Waals surface area (Å²) >= 11 is 1.65. The third kappa shape index (κ3) is 3.32. The standard InChI is InChI=1S/C9H17N3S/c1-3-7(10)5-11-9-12-8(4-2)6-13-9/h6-7H,3-5,10H2,1-2H3,(H,11,12). The van der Waals surface area contributed by atoms with Crippen LogP contribution in [-0.2, 0) is 6.42 Å². The Morgan fingerprint density at radius 1 is 1.62 bits per heavy atom. The Labute approximate surface area is 83.4 Å². The third-order valence-corrected chi connectivity index (χ3v) is 2.80. The molecule has 3 nitrogen and oxygen atoms in total. The van der Waals surface area contributed by atoms with E-state index in [1.807, 2.05) is 0 Å². The highest BCUT2D eigenvalue weighted by molar-refractivity contribution is 7.13. The molecule has 74 valence electrons. The average molecular weight is 199 g/mol. The van der Waals surface area contributed by atoms with Gasteiger partial charge in [0.25, 0.3) is 0 Å². The Morgan fingerprint density at radius 3 is 2.92 bits per heavy atom. The maximum absolute atomic E-state index is 5.77. The summed E-state index contributed by atoms with van der Waals surface area (Å²) in [7, 11) is 0. The molecular weight excluding hydrogens is 182 g/mol. The zero-order chi connectivity index (χ0) is 9.68. The van der Waals surface area contributed by atoms with Crippen LogP contribution in [0.15, 0.2) is 5.38 Å². The Balaban J connectivity index is 2.36. The van der Waals surface area contributed by atoms with Gasteiger partial charge in [0.1, 0.15) is 0 Å². The van der Waals surface area contributed by atoms with Crippen molar-refractivity contribution >= 4 is 16.5 Å². The lowest BCUT2D eigenvalue weighted by atomic mass is 10.2. The van der Waals surface area contributed by atoms with Gasteiger partial charge >= 0.3 is 0 Å². The van der Waals surface area contributed by atoms with Gasteiger partial charge in [0.05, 0.1) is 5.69 Å². The zero-order valence-corrected chi connectivity index (χ0v) is 9.03. The van der Waals surface area contributed by atoms with Crippen LogP contribution in [-0.4, -0.2) is 17.6 Å². The van der Waals surface area contributed by atoms with E-state index in [9.17, 15) is 0 Å². The predicted octanol–water partition coefficient (Wildman–Crippen LogP) is 1.85. The summed E-state index contributed by atoms with van der Waals surface area (Å²) in [6.45, 7) is 5.01. The molecule has 0 radical (unpaired) electrons. The number of hydrogen-bond donors (Lipinski definition) is 2. The lowest BCUT2D eigenvalue weighted by Gasteiger charge is -2.08. The van der Waals surface area contributed by atoms with Crippen molar-refractivity contribution in [2.45, 2.75) is 32.7 Å². The van der Waals surface area contributed by atoms with Gasteiger partial charge in [-0.3, -0.25) is 0 Å². The first-order valence-electron chi connectivity index (χ1n) is 4.70. The molecule has 1 aromatic heterocycles. The Morgan fingerprint density at radius 2 is 2.38 bits per heavy atom. The van der Waals surface area contributed by atoms with Crippen LogP contribution in [0, 0.1) is 0 Å². The number of aryl methyl sites for hydroxylation is 1. The summed E-state index contributed by atoms with van der Waals surface area (Å²) in [5.41, 5.74) is 6.92. The van der Waals surface area contributed by atoms with Crippen molar-refractivity contribution in [3.05, 3.63) is 11.1 Å². The number of rotatable bonds is 5. The molecule has 0 aliphatic heterocycles. The first-order valence-corrected chi connectivity index (χ1v) is 5.58. The van der Waals surface area contributed by atoms with E-state index in [1.165, 1.54) is 0 Å². The Hall–Kier alpha value is -0.610. The van der Waals surface area contributed by atoms with E-state index in [4.69, 9.17) is 5.73 Å². The minimum Gasteiger partial charge on any atom is -0.360 e. The van der Waals surface area contributed by atoms with E-state index >= 15 is 0 Å². The molecule has 0 amide bonds. The van der Waals surface area contributed by atoms with E-state index in [2.05, 4.69) is 29.5 Å². The molecule has 0 aliphatic carbocycles. The highest BCUT2D eigenvalue weighted by Crippen LogP contribution is 2.15. The summed E-state index contributed by atoms with van der Waals surface area (Å²) in [4.78, 5) is 4.39. The second-order valence-electron chi connectivity index (χ2n) is 3.05. The molecule has 0 spiro atoms. The fraction of sp³-hybridized carbons (Fsp3) is 0.667. The maximum Gasteiger partial charge on any atom is 0.182 e. The van der Waals surface area contributed by atoms with Crippen molar-refractivity contribution in [2.24, 2.45) is 5.73 Å². The molecule has 0 aliphatic rings. The highest BCUT2D eigenvalue weighted by atomic mass is 32.1. The topological polar surface area (TPSA) is 50.9 Å². The van der Waals surface area contributed by atoms with Gasteiger partial charge in [0.15, 0.2) is 5.13 Å². The predicted molar refractivity (Wildman–Crippen MR) is 58.2 cm³/mol. The summed E-state index contributed by atoms with van der Waals surface area (Å²) in [6.07, 6.45) is 2.00. The van der Waals surface area contributed by atoms with Gasteiger partial charge in [-0.25, -0.2) is 4.98 Å². The summed E-state index contributed by atoms with van der Waals surface area (Å²) in [5.74, 6) is 0. The van der Waals surface area contributed by atoms with Crippen LogP contribution in [0.4, 0.5) is 5.13 Å². The van der Waals surface area contributed by atoms with Gasteiger partial charge in [-0.1, -0.05) is 13.8 Å². The van der Waals surface area contributed by atoms with Gasteiger partial charge in [-0.15, -0.1) is 11.3 Å². The molecule has 1 rings (SSSR count). The fourth-order valence-corrected chi connectivity index (χ4v) is 1.72. The molecule has 3 N–H and O–H groups in total. The molecule has 0 saturated carbocycles. The van der Waals surface area contributed by atoms with Crippen LogP contribution in [0.25, 0.3) is 0 Å². The first kappa shape index (κ1) is 10.5. The van der Waals surface area contributed by atoms with Crippen molar-refractivity contribution in [3.63, 3.8) is 0 Å². The second kappa shape index (κ2) is 5.19. The third-order valence-electron chi connectivity index (χ3n) is 1.95. The van der Waals surface area contributed by atoms with Crippen molar-refractivity contribution in [1.82, 2.24) is 4.98 Å². The number of anilines is 1. The lowest BCUT2D eigenvalue weighted by Crippen LogP contribution is -2.27. The normalized spacial score (nSPS) is 12.8. The number of aromatic nitrogens is 1. The van der Waals surface area contributed by atoms with E-state index in [-0.39, 0.29) is 6.04 Å². The quantitative estimate of drug-likeness (QED) is 0.761. The first-order chi connectivity index (χ1) is 6.26. The van der Waals surface area contributed by atoms with Gasteiger partial charge in [0.2, 0.25) is 0 Å². The van der Waals surface area contributed by atoms with Crippen LogP contribution in [0.5, 0.6) is 0 Å². The molecule has 1 unspecified atom stereocenters. The highest BCUT2D eigenvalue weighted by Gasteiger charge is 2.01. The van der Waals surface area contributed by atoms with Crippen LogP contribution in [0.1, 0.15) is 26.0 Å². The molecule has 4 heteroatoms. The number of nitrogens with one attached hydrogen (secondary N) is 1. The summed E-state index contributed by atoms with van der Waals surface area (Å²) < 4.78 is 0. The minimum atomic E-state index is 0.231. The van der Waals surface area contributed by atoms with Crippen molar-refractivity contribution in [3.8, 4) is 0 Å². The van der Waals surface area contributed by atoms with Gasteiger partial charge < -0.3 is 11.1 Å². The molecule has 13 heavy (non-hydrogen) atoms. The van der Waals surface area contributed by atoms with E-state index in [0.717, 1.165) is 30.2 Å². The van der Waals surface area contributed by atoms with Crippen LogP contribution >= 0.6 is 11.3 Å².